The van der Waals surface area contributed by atoms with Gasteiger partial charge >= 0.3 is 12.1 Å². The van der Waals surface area contributed by atoms with Gasteiger partial charge in [-0.2, -0.15) is 13.2 Å². The number of rotatable bonds is 2. The Labute approximate surface area is 133 Å². The molecule has 130 valence electrons. The minimum absolute atomic E-state index is 0.0500. The van der Waals surface area contributed by atoms with E-state index in [4.69, 9.17) is 0 Å². The van der Waals surface area contributed by atoms with Crippen LogP contribution in [0.3, 0.4) is 0 Å². The summed E-state index contributed by atoms with van der Waals surface area (Å²) in [5.74, 6) is -3.20. The first-order valence-corrected chi connectivity index (χ1v) is 8.33. The van der Waals surface area contributed by atoms with Crippen molar-refractivity contribution in [3.63, 3.8) is 0 Å². The summed E-state index contributed by atoms with van der Waals surface area (Å²) in [7, 11) is 0. The summed E-state index contributed by atoms with van der Waals surface area (Å²) in [5, 5.41) is 9.55. The van der Waals surface area contributed by atoms with Crippen molar-refractivity contribution < 1.29 is 27.9 Å². The molecular formula is C16H22F3NO3. The van der Waals surface area contributed by atoms with Gasteiger partial charge in [0.25, 0.3) is 0 Å². The molecule has 4 atom stereocenters. The van der Waals surface area contributed by atoms with Gasteiger partial charge in [-0.25, -0.2) is 0 Å². The highest BCUT2D eigenvalue weighted by molar-refractivity contribution is 5.83. The predicted molar refractivity (Wildman–Crippen MR) is 75.5 cm³/mol. The number of nitrogens with zero attached hydrogens (tertiary/aromatic N) is 1. The van der Waals surface area contributed by atoms with Gasteiger partial charge in [0, 0.05) is 19.0 Å². The maximum Gasteiger partial charge on any atom is 0.391 e. The molecule has 1 heterocycles. The Morgan fingerprint density at radius 1 is 1.13 bits per heavy atom. The van der Waals surface area contributed by atoms with Crippen LogP contribution in [0.4, 0.5) is 13.2 Å². The van der Waals surface area contributed by atoms with Gasteiger partial charge < -0.3 is 10.0 Å². The van der Waals surface area contributed by atoms with Gasteiger partial charge in [0.05, 0.1) is 11.3 Å². The molecule has 2 saturated carbocycles. The van der Waals surface area contributed by atoms with Crippen molar-refractivity contribution >= 4 is 11.9 Å². The highest BCUT2D eigenvalue weighted by Gasteiger charge is 2.56. The van der Waals surface area contributed by atoms with Crippen LogP contribution in [0.2, 0.25) is 0 Å². The van der Waals surface area contributed by atoms with Crippen molar-refractivity contribution in [2.24, 2.45) is 23.2 Å². The molecule has 2 aliphatic carbocycles. The molecule has 4 nitrogen and oxygen atoms in total. The molecule has 2 unspecified atom stereocenters. The van der Waals surface area contributed by atoms with Gasteiger partial charge in [-0.05, 0) is 38.0 Å². The van der Waals surface area contributed by atoms with Crippen LogP contribution < -0.4 is 0 Å². The van der Waals surface area contributed by atoms with Crippen molar-refractivity contribution in [2.75, 3.05) is 13.1 Å². The fourth-order valence-electron chi connectivity index (χ4n) is 4.78. The molecule has 3 fully saturated rings. The maximum absolute atomic E-state index is 12.9. The SMILES string of the molecule is O=C(C1CCCC(C(F)(F)F)C1)N1C[C@@H]2CCC[C@@]2(C(=O)O)C1. The molecule has 3 rings (SSSR count). The smallest absolute Gasteiger partial charge is 0.391 e. The van der Waals surface area contributed by atoms with Crippen LogP contribution in [0.25, 0.3) is 0 Å². The van der Waals surface area contributed by atoms with Gasteiger partial charge in [0.1, 0.15) is 0 Å². The quantitative estimate of drug-likeness (QED) is 0.845. The Kier molecular flexibility index (Phi) is 4.09. The Morgan fingerprint density at radius 3 is 2.48 bits per heavy atom. The van der Waals surface area contributed by atoms with Crippen LogP contribution in [-0.2, 0) is 9.59 Å². The fourth-order valence-corrected chi connectivity index (χ4v) is 4.78. The number of hydrogen-bond acceptors (Lipinski definition) is 2. The van der Waals surface area contributed by atoms with Gasteiger partial charge in [0.15, 0.2) is 0 Å². The molecule has 23 heavy (non-hydrogen) atoms. The first-order chi connectivity index (χ1) is 10.7. The van der Waals surface area contributed by atoms with E-state index in [0.29, 0.717) is 25.8 Å². The predicted octanol–water partition coefficient (Wildman–Crippen LogP) is 3.07. The summed E-state index contributed by atoms with van der Waals surface area (Å²) >= 11 is 0. The Balaban J connectivity index is 1.69. The molecule has 0 bridgehead atoms. The largest absolute Gasteiger partial charge is 0.481 e. The topological polar surface area (TPSA) is 57.6 Å². The summed E-state index contributed by atoms with van der Waals surface area (Å²) in [6.45, 7) is 0.553. The molecule has 0 radical (unpaired) electrons. The van der Waals surface area contributed by atoms with E-state index in [9.17, 15) is 27.9 Å². The molecular weight excluding hydrogens is 311 g/mol. The summed E-state index contributed by atoms with van der Waals surface area (Å²) in [5.41, 5.74) is -0.867. The fraction of sp³-hybridized carbons (Fsp3) is 0.875. The summed E-state index contributed by atoms with van der Waals surface area (Å²) in [6, 6.07) is 0. The lowest BCUT2D eigenvalue weighted by atomic mass is 9.80. The lowest BCUT2D eigenvalue weighted by Gasteiger charge is -2.32. The van der Waals surface area contributed by atoms with Crippen molar-refractivity contribution in [3.8, 4) is 0 Å². The molecule has 1 aliphatic heterocycles. The van der Waals surface area contributed by atoms with Crippen molar-refractivity contribution in [2.45, 2.75) is 51.1 Å². The number of alkyl halides is 3. The van der Waals surface area contributed by atoms with E-state index in [2.05, 4.69) is 0 Å². The Morgan fingerprint density at radius 2 is 1.87 bits per heavy atom. The summed E-state index contributed by atoms with van der Waals surface area (Å²) in [4.78, 5) is 25.8. The number of carboxylic acid groups (broad SMARTS) is 1. The zero-order chi connectivity index (χ0) is 16.8. The van der Waals surface area contributed by atoms with E-state index >= 15 is 0 Å². The molecule has 0 aromatic rings. The first kappa shape index (κ1) is 16.6. The van der Waals surface area contributed by atoms with Crippen LogP contribution in [0, 0.1) is 23.2 Å². The third-order valence-corrected chi connectivity index (χ3v) is 6.09. The normalized spacial score (nSPS) is 37.7. The summed E-state index contributed by atoms with van der Waals surface area (Å²) in [6.07, 6.45) is -1.23. The zero-order valence-corrected chi connectivity index (χ0v) is 12.9. The molecule has 0 aromatic carbocycles. The van der Waals surface area contributed by atoms with Crippen molar-refractivity contribution in [1.29, 1.82) is 0 Å². The third kappa shape index (κ3) is 2.83. The van der Waals surface area contributed by atoms with Gasteiger partial charge in [-0.15, -0.1) is 0 Å². The molecule has 0 aromatic heterocycles. The summed E-state index contributed by atoms with van der Waals surface area (Å²) < 4.78 is 38.7. The minimum Gasteiger partial charge on any atom is -0.481 e. The van der Waals surface area contributed by atoms with E-state index in [-0.39, 0.29) is 31.2 Å². The van der Waals surface area contributed by atoms with Crippen LogP contribution >= 0.6 is 0 Å². The average Bonchev–Trinajstić information content (AvgIpc) is 3.03. The molecule has 1 amide bonds. The first-order valence-electron chi connectivity index (χ1n) is 8.33. The lowest BCUT2D eigenvalue weighted by molar-refractivity contribution is -0.187. The van der Waals surface area contributed by atoms with Crippen molar-refractivity contribution in [1.82, 2.24) is 4.90 Å². The van der Waals surface area contributed by atoms with Crippen LogP contribution in [-0.4, -0.2) is 41.1 Å². The lowest BCUT2D eigenvalue weighted by Crippen LogP contribution is -2.41. The molecule has 1 saturated heterocycles. The second-order valence-electron chi connectivity index (χ2n) is 7.37. The number of halogens is 3. The number of carbonyl (C=O) groups excluding carboxylic acids is 1. The Bertz CT molecular complexity index is 507. The number of carboxylic acids is 1. The van der Waals surface area contributed by atoms with Gasteiger partial charge in [-0.3, -0.25) is 9.59 Å². The number of carbonyl (C=O) groups is 2. The monoisotopic (exact) mass is 333 g/mol. The van der Waals surface area contributed by atoms with Crippen LogP contribution in [0.1, 0.15) is 44.9 Å². The van der Waals surface area contributed by atoms with E-state index in [1.165, 1.54) is 4.90 Å². The molecule has 7 heteroatoms. The third-order valence-electron chi connectivity index (χ3n) is 6.09. The van der Waals surface area contributed by atoms with E-state index in [0.717, 1.165) is 12.8 Å². The Hall–Kier alpha value is -1.27. The van der Waals surface area contributed by atoms with E-state index in [1.807, 2.05) is 0 Å². The highest BCUT2D eigenvalue weighted by atomic mass is 19.4. The number of hydrogen-bond donors (Lipinski definition) is 1. The van der Waals surface area contributed by atoms with E-state index in [1.54, 1.807) is 0 Å². The maximum atomic E-state index is 12.9. The number of aliphatic carboxylic acids is 1. The van der Waals surface area contributed by atoms with Crippen LogP contribution in [0.15, 0.2) is 0 Å². The molecule has 0 spiro atoms. The second kappa shape index (κ2) is 5.67. The number of likely N-dealkylation sites (tertiary alicyclic amines) is 1. The number of fused-ring (bicyclic) bond motifs is 1. The van der Waals surface area contributed by atoms with E-state index < -0.39 is 29.4 Å². The second-order valence-corrected chi connectivity index (χ2v) is 7.37. The van der Waals surface area contributed by atoms with Crippen molar-refractivity contribution in [3.05, 3.63) is 0 Å². The van der Waals surface area contributed by atoms with Gasteiger partial charge in [0.2, 0.25) is 5.91 Å². The zero-order valence-electron chi connectivity index (χ0n) is 12.9. The minimum atomic E-state index is -4.25. The highest BCUT2D eigenvalue weighted by Crippen LogP contribution is 2.50. The standard InChI is InChI=1S/C16H22F3NO3/c17-16(18,19)11-4-1-3-10(7-11)13(21)20-8-12-5-2-6-15(12,9-20)14(22)23/h10-12H,1-9H2,(H,22,23)/t10?,11?,12-,15+/m0/s1. The average molecular weight is 333 g/mol. The van der Waals surface area contributed by atoms with Gasteiger partial charge in [-0.1, -0.05) is 12.8 Å². The molecule has 1 N–H and O–H groups in total. The molecule has 3 aliphatic rings. The van der Waals surface area contributed by atoms with Crippen LogP contribution in [0.5, 0.6) is 0 Å². The number of amides is 1.